The molecule has 1 rings (SSSR count). The van der Waals surface area contributed by atoms with E-state index < -0.39 is 8.32 Å². The van der Waals surface area contributed by atoms with Crippen LogP contribution >= 0.6 is 11.6 Å². The van der Waals surface area contributed by atoms with Gasteiger partial charge in [0.25, 0.3) is 0 Å². The van der Waals surface area contributed by atoms with Crippen LogP contribution in [0.2, 0.25) is 24.7 Å². The molecule has 0 aliphatic rings. The van der Waals surface area contributed by atoms with Gasteiger partial charge in [-0.15, -0.1) is 0 Å². The van der Waals surface area contributed by atoms with Gasteiger partial charge in [0.1, 0.15) is 5.75 Å². The Morgan fingerprint density at radius 3 is 2.38 bits per heavy atom. The summed E-state index contributed by atoms with van der Waals surface area (Å²) in [7, 11) is -1.57. The van der Waals surface area contributed by atoms with Gasteiger partial charge in [-0.2, -0.15) is 0 Å². The van der Waals surface area contributed by atoms with Crippen molar-refractivity contribution in [1.82, 2.24) is 0 Å². The SMILES string of the molecule is C[Si](C)(C)Oc1ccc(Cl)cc1N. The van der Waals surface area contributed by atoms with E-state index in [1.165, 1.54) is 0 Å². The van der Waals surface area contributed by atoms with Gasteiger partial charge >= 0.3 is 0 Å². The van der Waals surface area contributed by atoms with Crippen molar-refractivity contribution in [1.29, 1.82) is 0 Å². The quantitative estimate of drug-likeness (QED) is 0.608. The van der Waals surface area contributed by atoms with Crippen LogP contribution in [0.15, 0.2) is 18.2 Å². The van der Waals surface area contributed by atoms with Gasteiger partial charge in [-0.1, -0.05) is 11.6 Å². The van der Waals surface area contributed by atoms with Crippen LogP contribution in [0.3, 0.4) is 0 Å². The molecule has 0 aliphatic carbocycles. The Morgan fingerprint density at radius 2 is 1.92 bits per heavy atom. The Kier molecular flexibility index (Phi) is 2.88. The average Bonchev–Trinajstić information content (AvgIpc) is 1.93. The molecule has 1 aromatic carbocycles. The Bertz CT molecular complexity index is 309. The highest BCUT2D eigenvalue weighted by Crippen LogP contribution is 2.27. The highest BCUT2D eigenvalue weighted by molar-refractivity contribution is 6.70. The zero-order valence-electron chi connectivity index (χ0n) is 8.10. The van der Waals surface area contributed by atoms with E-state index in [0.29, 0.717) is 10.7 Å². The zero-order chi connectivity index (χ0) is 10.1. The molecule has 0 aromatic heterocycles. The van der Waals surface area contributed by atoms with Crippen LogP contribution in [0.25, 0.3) is 0 Å². The first kappa shape index (κ1) is 10.4. The summed E-state index contributed by atoms with van der Waals surface area (Å²) >= 11 is 5.76. The van der Waals surface area contributed by atoms with Gasteiger partial charge < -0.3 is 10.2 Å². The van der Waals surface area contributed by atoms with Crippen molar-refractivity contribution in [3.05, 3.63) is 23.2 Å². The van der Waals surface area contributed by atoms with E-state index >= 15 is 0 Å². The summed E-state index contributed by atoms with van der Waals surface area (Å²) < 4.78 is 5.74. The minimum Gasteiger partial charge on any atom is -0.543 e. The molecule has 0 fully saturated rings. The summed E-state index contributed by atoms with van der Waals surface area (Å²) in [6.45, 7) is 6.34. The van der Waals surface area contributed by atoms with E-state index in [1.807, 2.05) is 6.07 Å². The summed E-state index contributed by atoms with van der Waals surface area (Å²) in [6, 6.07) is 5.31. The molecule has 0 bridgehead atoms. The summed E-state index contributed by atoms with van der Waals surface area (Å²) in [5.74, 6) is 0.739. The summed E-state index contributed by atoms with van der Waals surface area (Å²) in [6.07, 6.45) is 0. The van der Waals surface area contributed by atoms with Crippen molar-refractivity contribution in [2.24, 2.45) is 0 Å². The number of nitrogens with two attached hydrogens (primary N) is 1. The first-order chi connectivity index (χ1) is 5.88. The van der Waals surface area contributed by atoms with E-state index in [1.54, 1.807) is 12.1 Å². The fourth-order valence-corrected chi connectivity index (χ4v) is 1.97. The van der Waals surface area contributed by atoms with Gasteiger partial charge in [0.2, 0.25) is 8.32 Å². The molecule has 72 valence electrons. The second-order valence-corrected chi connectivity index (χ2v) is 8.76. The van der Waals surface area contributed by atoms with Gasteiger partial charge in [-0.3, -0.25) is 0 Å². The number of hydrogen-bond donors (Lipinski definition) is 1. The van der Waals surface area contributed by atoms with Crippen LogP contribution in [0.1, 0.15) is 0 Å². The minimum absolute atomic E-state index is 0.606. The Morgan fingerprint density at radius 1 is 1.31 bits per heavy atom. The Labute approximate surface area is 84.8 Å². The maximum absolute atomic E-state index is 5.76. The molecule has 0 saturated heterocycles. The van der Waals surface area contributed by atoms with Crippen LogP contribution < -0.4 is 10.2 Å². The van der Waals surface area contributed by atoms with Crippen molar-refractivity contribution in [3.8, 4) is 5.75 Å². The van der Waals surface area contributed by atoms with Crippen molar-refractivity contribution in [3.63, 3.8) is 0 Å². The standard InChI is InChI=1S/C9H14ClNOSi/c1-13(2,3)12-9-5-4-7(10)6-8(9)11/h4-6H,11H2,1-3H3. The molecule has 0 saturated carbocycles. The van der Waals surface area contributed by atoms with Crippen LogP contribution in [0, 0.1) is 0 Å². The smallest absolute Gasteiger partial charge is 0.242 e. The van der Waals surface area contributed by atoms with E-state index in [0.717, 1.165) is 5.75 Å². The van der Waals surface area contributed by atoms with Crippen molar-refractivity contribution < 1.29 is 4.43 Å². The molecule has 2 nitrogen and oxygen atoms in total. The van der Waals surface area contributed by atoms with Crippen LogP contribution in [0.4, 0.5) is 5.69 Å². The largest absolute Gasteiger partial charge is 0.543 e. The molecule has 0 spiro atoms. The number of hydrogen-bond acceptors (Lipinski definition) is 2. The lowest BCUT2D eigenvalue weighted by molar-refractivity contribution is 0.560. The van der Waals surface area contributed by atoms with Gasteiger partial charge in [0.15, 0.2) is 0 Å². The summed E-state index contributed by atoms with van der Waals surface area (Å²) in [5, 5.41) is 0.639. The maximum atomic E-state index is 5.76. The fourth-order valence-electron chi connectivity index (χ4n) is 0.942. The Hall–Kier alpha value is -0.673. The first-order valence-electron chi connectivity index (χ1n) is 4.12. The van der Waals surface area contributed by atoms with E-state index in [2.05, 4.69) is 19.6 Å². The normalized spacial score (nSPS) is 11.4. The lowest BCUT2D eigenvalue weighted by atomic mass is 10.3. The average molecular weight is 216 g/mol. The minimum atomic E-state index is -1.57. The molecular weight excluding hydrogens is 202 g/mol. The van der Waals surface area contributed by atoms with Gasteiger partial charge in [-0.05, 0) is 37.8 Å². The van der Waals surface area contributed by atoms with Crippen molar-refractivity contribution in [2.45, 2.75) is 19.6 Å². The van der Waals surface area contributed by atoms with Crippen LogP contribution in [-0.2, 0) is 0 Å². The van der Waals surface area contributed by atoms with Gasteiger partial charge in [0.05, 0.1) is 5.69 Å². The van der Waals surface area contributed by atoms with Crippen LogP contribution in [-0.4, -0.2) is 8.32 Å². The summed E-state index contributed by atoms with van der Waals surface area (Å²) in [4.78, 5) is 0. The van der Waals surface area contributed by atoms with Crippen molar-refractivity contribution >= 4 is 25.6 Å². The lowest BCUT2D eigenvalue weighted by Gasteiger charge is -2.20. The predicted octanol–water partition coefficient (Wildman–Crippen LogP) is 3.14. The zero-order valence-corrected chi connectivity index (χ0v) is 9.85. The van der Waals surface area contributed by atoms with E-state index in [4.69, 9.17) is 21.8 Å². The van der Waals surface area contributed by atoms with E-state index in [-0.39, 0.29) is 0 Å². The molecule has 0 unspecified atom stereocenters. The second kappa shape index (κ2) is 3.60. The third kappa shape index (κ3) is 3.28. The van der Waals surface area contributed by atoms with Gasteiger partial charge in [0, 0.05) is 5.02 Å². The monoisotopic (exact) mass is 215 g/mol. The lowest BCUT2D eigenvalue weighted by Crippen LogP contribution is -2.29. The highest BCUT2D eigenvalue weighted by atomic mass is 35.5. The number of halogens is 1. The predicted molar refractivity (Wildman–Crippen MR) is 59.8 cm³/mol. The summed E-state index contributed by atoms with van der Waals surface area (Å²) in [5.41, 5.74) is 6.35. The molecule has 4 heteroatoms. The fraction of sp³-hybridized carbons (Fsp3) is 0.333. The molecule has 2 N–H and O–H groups in total. The third-order valence-electron chi connectivity index (χ3n) is 1.39. The first-order valence-corrected chi connectivity index (χ1v) is 7.91. The van der Waals surface area contributed by atoms with Crippen LogP contribution in [0.5, 0.6) is 5.75 Å². The molecule has 0 radical (unpaired) electrons. The topological polar surface area (TPSA) is 35.2 Å². The van der Waals surface area contributed by atoms with Gasteiger partial charge in [-0.25, -0.2) is 0 Å². The molecule has 0 amide bonds. The molecule has 0 aliphatic heterocycles. The molecule has 1 aromatic rings. The molecular formula is C9H14ClNOSi. The maximum Gasteiger partial charge on any atom is 0.242 e. The molecule has 0 atom stereocenters. The van der Waals surface area contributed by atoms with E-state index in [9.17, 15) is 0 Å². The second-order valence-electron chi connectivity index (χ2n) is 3.90. The molecule has 13 heavy (non-hydrogen) atoms. The van der Waals surface area contributed by atoms with Crippen molar-refractivity contribution in [2.75, 3.05) is 5.73 Å². The molecule has 0 heterocycles. The number of nitrogen functional groups attached to an aromatic ring is 1. The number of anilines is 1. The number of benzene rings is 1. The highest BCUT2D eigenvalue weighted by Gasteiger charge is 2.17. The third-order valence-corrected chi connectivity index (χ3v) is 2.46. The Balaban J connectivity index is 2.90. The number of rotatable bonds is 2.